The molecule has 0 radical (unpaired) electrons. The van der Waals surface area contributed by atoms with Crippen LogP contribution in [0.2, 0.25) is 0 Å². The number of nitrogens with two attached hydrogens (primary N) is 1. The first kappa shape index (κ1) is 36.8. The van der Waals surface area contributed by atoms with Crippen LogP contribution in [-0.4, -0.2) is 113 Å². The van der Waals surface area contributed by atoms with Crippen molar-refractivity contribution >= 4 is 17.3 Å². The van der Waals surface area contributed by atoms with Crippen LogP contribution in [0.3, 0.4) is 0 Å². The summed E-state index contributed by atoms with van der Waals surface area (Å²) in [5, 5.41) is 62.1. The van der Waals surface area contributed by atoms with Crippen LogP contribution in [0.5, 0.6) is 17.2 Å². The fraction of sp³-hybridized carbons (Fsp3) is 0.571. The number of benzene rings is 2. The molecule has 1 heterocycles. The normalized spacial score (nSPS) is 26.2. The number of fused-ring (bicyclic) bond motifs is 3. The van der Waals surface area contributed by atoms with Crippen LogP contribution < -0.4 is 21.1 Å². The molecule has 6 atom stereocenters. The van der Waals surface area contributed by atoms with Gasteiger partial charge in [-0.15, -0.1) is 0 Å². The SMILES string of the molecule is COc1cccc2c1C(=O)c1c(O)c3c(c(O)c1C2=O)C[C@@](O)(C(=O)CO)CC3O[C@H]1C[C@@H](NCCCCNCCCCN)[C@H](O)C(C)O1. The lowest BCUT2D eigenvalue weighted by molar-refractivity contribution is -0.249. The van der Waals surface area contributed by atoms with Crippen molar-refractivity contribution in [2.24, 2.45) is 5.73 Å². The van der Waals surface area contributed by atoms with Crippen LogP contribution >= 0.6 is 0 Å². The quantitative estimate of drug-likeness (QED) is 0.0815. The molecule has 5 rings (SSSR count). The molecule has 2 unspecified atom stereocenters. The summed E-state index contributed by atoms with van der Waals surface area (Å²) in [6.45, 7) is 3.71. The molecule has 2 aliphatic carbocycles. The van der Waals surface area contributed by atoms with Gasteiger partial charge in [0.2, 0.25) is 5.78 Å². The Bertz CT molecular complexity index is 1570. The minimum Gasteiger partial charge on any atom is -0.507 e. The summed E-state index contributed by atoms with van der Waals surface area (Å²) in [6, 6.07) is 3.97. The minimum atomic E-state index is -2.25. The van der Waals surface area contributed by atoms with Gasteiger partial charge in [-0.25, -0.2) is 0 Å². The third kappa shape index (κ3) is 7.23. The zero-order valence-corrected chi connectivity index (χ0v) is 27.9. The van der Waals surface area contributed by atoms with Gasteiger partial charge in [0.05, 0.1) is 42.1 Å². The van der Waals surface area contributed by atoms with Gasteiger partial charge < -0.3 is 56.1 Å². The van der Waals surface area contributed by atoms with Gasteiger partial charge in [-0.1, -0.05) is 12.1 Å². The van der Waals surface area contributed by atoms with Crippen LogP contribution in [0.15, 0.2) is 18.2 Å². The van der Waals surface area contributed by atoms with Crippen molar-refractivity contribution in [2.45, 2.75) is 88.1 Å². The standard InChI is InChI=1S/C35H47N3O11/c1-18-30(41)21(38-13-6-5-12-37-11-4-3-10-36)14-25(48-18)49-23-16-35(46,24(40)17-39)15-20-27(23)34(45)29-28(32(20)43)31(42)19-8-7-9-22(47-2)26(19)33(29)44/h7-9,18,21,23,25,30,37-39,41,43,45-46H,3-6,10-17,36H2,1-2H3/t18?,21-,23?,25+,30-,35+/m1/s1. The molecule has 1 aliphatic heterocycles. The molecule has 49 heavy (non-hydrogen) atoms. The third-order valence-corrected chi connectivity index (χ3v) is 9.76. The maximum atomic E-state index is 13.9. The number of carbonyl (C=O) groups is 3. The average molecular weight is 686 g/mol. The molecule has 0 amide bonds. The topological polar surface area (TPSA) is 230 Å². The highest BCUT2D eigenvalue weighted by Gasteiger charge is 2.50. The average Bonchev–Trinajstić information content (AvgIpc) is 3.08. The molecule has 1 saturated heterocycles. The van der Waals surface area contributed by atoms with Gasteiger partial charge in [0.1, 0.15) is 29.5 Å². The molecule has 14 heteroatoms. The molecule has 2 aromatic carbocycles. The molecule has 0 bridgehead atoms. The number of carbonyl (C=O) groups excluding carboxylic acids is 3. The number of hydrogen-bond acceptors (Lipinski definition) is 14. The highest BCUT2D eigenvalue weighted by Crippen LogP contribution is 2.52. The molecule has 0 aromatic heterocycles. The number of phenols is 2. The molecule has 1 fully saturated rings. The molecular formula is C35H47N3O11. The number of rotatable bonds is 15. The highest BCUT2D eigenvalue weighted by molar-refractivity contribution is 6.31. The monoisotopic (exact) mass is 685 g/mol. The predicted molar refractivity (Wildman–Crippen MR) is 176 cm³/mol. The second kappa shape index (κ2) is 15.6. The van der Waals surface area contributed by atoms with Gasteiger partial charge in [-0.05, 0) is 64.9 Å². The van der Waals surface area contributed by atoms with E-state index in [1.807, 2.05) is 0 Å². The highest BCUT2D eigenvalue weighted by atomic mass is 16.7. The van der Waals surface area contributed by atoms with Crippen molar-refractivity contribution in [1.29, 1.82) is 0 Å². The van der Waals surface area contributed by atoms with Gasteiger partial charge in [-0.2, -0.15) is 0 Å². The Balaban J connectivity index is 1.42. The fourth-order valence-corrected chi connectivity index (χ4v) is 7.10. The van der Waals surface area contributed by atoms with E-state index in [2.05, 4.69) is 10.6 Å². The summed E-state index contributed by atoms with van der Waals surface area (Å²) in [6.07, 6.45) is -0.999. The van der Waals surface area contributed by atoms with E-state index in [1.54, 1.807) is 6.92 Å². The van der Waals surface area contributed by atoms with Crippen LogP contribution in [0.4, 0.5) is 0 Å². The lowest BCUT2D eigenvalue weighted by Crippen LogP contribution is -2.54. The Morgan fingerprint density at radius 2 is 1.73 bits per heavy atom. The Labute approximate surface area is 284 Å². The van der Waals surface area contributed by atoms with Crippen LogP contribution in [0, 0.1) is 0 Å². The van der Waals surface area contributed by atoms with E-state index in [1.165, 1.54) is 25.3 Å². The van der Waals surface area contributed by atoms with Gasteiger partial charge in [0.25, 0.3) is 0 Å². The van der Waals surface area contributed by atoms with Crippen LogP contribution in [0.1, 0.15) is 94.5 Å². The van der Waals surface area contributed by atoms with Crippen molar-refractivity contribution in [1.82, 2.24) is 10.6 Å². The minimum absolute atomic E-state index is 0.0442. The number of methoxy groups -OCH3 is 1. The number of aliphatic hydroxyl groups excluding tert-OH is 2. The predicted octanol–water partition coefficient (Wildman–Crippen LogP) is 0.741. The van der Waals surface area contributed by atoms with E-state index < -0.39 is 95.7 Å². The maximum Gasteiger partial charge on any atom is 0.202 e. The summed E-state index contributed by atoms with van der Waals surface area (Å²) in [4.78, 5) is 40.4. The first-order chi connectivity index (χ1) is 23.5. The summed E-state index contributed by atoms with van der Waals surface area (Å²) in [5.41, 5.74) is 1.98. The molecule has 14 nitrogen and oxygen atoms in total. The number of phenolic OH excluding ortho intramolecular Hbond substituents is 2. The van der Waals surface area contributed by atoms with Crippen molar-refractivity contribution in [3.63, 3.8) is 0 Å². The van der Waals surface area contributed by atoms with E-state index >= 15 is 0 Å². The van der Waals surface area contributed by atoms with Crippen molar-refractivity contribution in [2.75, 3.05) is 39.9 Å². The van der Waals surface area contributed by atoms with Gasteiger partial charge >= 0.3 is 0 Å². The van der Waals surface area contributed by atoms with Gasteiger partial charge in [0, 0.05) is 42.0 Å². The summed E-state index contributed by atoms with van der Waals surface area (Å²) in [7, 11) is 1.34. The van der Waals surface area contributed by atoms with Crippen molar-refractivity contribution in [3.05, 3.63) is 51.6 Å². The molecule has 9 N–H and O–H groups in total. The third-order valence-electron chi connectivity index (χ3n) is 9.76. The number of aliphatic hydroxyl groups is 3. The Hall–Kier alpha value is -3.47. The molecule has 0 saturated carbocycles. The van der Waals surface area contributed by atoms with E-state index in [0.717, 1.165) is 38.8 Å². The maximum absolute atomic E-state index is 13.9. The second-order valence-corrected chi connectivity index (χ2v) is 13.0. The molecule has 3 aliphatic rings. The Morgan fingerprint density at radius 3 is 2.43 bits per heavy atom. The number of hydrogen-bond donors (Lipinski definition) is 8. The first-order valence-corrected chi connectivity index (χ1v) is 16.8. The molecule has 0 spiro atoms. The van der Waals surface area contributed by atoms with Gasteiger partial charge in [-0.3, -0.25) is 14.4 Å². The van der Waals surface area contributed by atoms with E-state index in [-0.39, 0.29) is 34.4 Å². The Morgan fingerprint density at radius 1 is 1.04 bits per heavy atom. The zero-order chi connectivity index (χ0) is 35.5. The lowest BCUT2D eigenvalue weighted by atomic mass is 9.72. The molecule has 2 aromatic rings. The smallest absolute Gasteiger partial charge is 0.202 e. The van der Waals surface area contributed by atoms with Crippen LogP contribution in [-0.2, 0) is 20.7 Å². The number of aromatic hydroxyl groups is 2. The lowest BCUT2D eigenvalue weighted by Gasteiger charge is -2.43. The zero-order valence-electron chi connectivity index (χ0n) is 27.9. The number of nitrogens with one attached hydrogen (secondary N) is 2. The van der Waals surface area contributed by atoms with E-state index in [4.69, 9.17) is 19.9 Å². The summed E-state index contributed by atoms with van der Waals surface area (Å²) >= 11 is 0. The fourth-order valence-electron chi connectivity index (χ4n) is 7.10. The number of ketones is 3. The number of unbranched alkanes of at least 4 members (excludes halogenated alkanes) is 2. The molecular weight excluding hydrogens is 638 g/mol. The van der Waals surface area contributed by atoms with Gasteiger partial charge in [0.15, 0.2) is 17.9 Å². The number of ether oxygens (including phenoxy) is 3. The Kier molecular flexibility index (Phi) is 11.7. The molecule has 268 valence electrons. The first-order valence-electron chi connectivity index (χ1n) is 16.8. The van der Waals surface area contributed by atoms with Crippen molar-refractivity contribution < 1.29 is 54.1 Å². The van der Waals surface area contributed by atoms with E-state index in [9.17, 15) is 39.9 Å². The second-order valence-electron chi connectivity index (χ2n) is 13.0. The summed E-state index contributed by atoms with van der Waals surface area (Å²) < 4.78 is 17.6. The van der Waals surface area contributed by atoms with Crippen molar-refractivity contribution in [3.8, 4) is 17.2 Å². The summed E-state index contributed by atoms with van der Waals surface area (Å²) in [5.74, 6) is -3.69. The largest absolute Gasteiger partial charge is 0.507 e. The van der Waals surface area contributed by atoms with Crippen LogP contribution in [0.25, 0.3) is 0 Å². The number of Topliss-reactive ketones (excluding diaryl/α,β-unsaturated/α-hetero) is 1. The van der Waals surface area contributed by atoms with E-state index in [0.29, 0.717) is 13.1 Å².